The van der Waals surface area contributed by atoms with Crippen molar-refractivity contribution >= 4 is 33.9 Å². The van der Waals surface area contributed by atoms with Crippen LogP contribution in [-0.4, -0.2) is 23.4 Å². The van der Waals surface area contributed by atoms with Crippen LogP contribution in [0.4, 0.5) is 10.7 Å². The van der Waals surface area contributed by atoms with Crippen LogP contribution in [0.1, 0.15) is 38.1 Å². The molecule has 24 heavy (non-hydrogen) atoms. The van der Waals surface area contributed by atoms with Crippen molar-refractivity contribution < 1.29 is 19.2 Å². The third kappa shape index (κ3) is 3.60. The number of ether oxygens (including phenoxy) is 1. The fourth-order valence-electron chi connectivity index (χ4n) is 2.10. The summed E-state index contributed by atoms with van der Waals surface area (Å²) in [5.74, 6) is -1.03. The number of thiophene rings is 1. The molecule has 0 spiro atoms. The molecule has 0 saturated carbocycles. The summed E-state index contributed by atoms with van der Waals surface area (Å²) in [5, 5.41) is 13.8. The van der Waals surface area contributed by atoms with E-state index in [4.69, 9.17) is 4.74 Å². The minimum atomic E-state index is -0.569. The maximum Gasteiger partial charge on any atom is 0.341 e. The van der Waals surface area contributed by atoms with Gasteiger partial charge < -0.3 is 10.1 Å². The molecule has 0 aliphatic heterocycles. The van der Waals surface area contributed by atoms with Gasteiger partial charge in [-0.05, 0) is 32.4 Å². The highest BCUT2D eigenvalue weighted by Crippen LogP contribution is 2.33. The number of nitro benzene ring substituents is 1. The Labute approximate surface area is 142 Å². The zero-order valence-electron chi connectivity index (χ0n) is 13.4. The molecule has 2 rings (SSSR count). The first-order valence-corrected chi connectivity index (χ1v) is 7.99. The fourth-order valence-corrected chi connectivity index (χ4v) is 3.14. The van der Waals surface area contributed by atoms with Gasteiger partial charge in [-0.1, -0.05) is 6.07 Å². The molecule has 1 heterocycles. The smallest absolute Gasteiger partial charge is 0.341 e. The van der Waals surface area contributed by atoms with Gasteiger partial charge >= 0.3 is 5.97 Å². The molecule has 0 unspecified atom stereocenters. The van der Waals surface area contributed by atoms with Crippen molar-refractivity contribution in [3.63, 3.8) is 0 Å². The summed E-state index contributed by atoms with van der Waals surface area (Å²) in [6.45, 7) is 5.55. The van der Waals surface area contributed by atoms with E-state index in [2.05, 4.69) is 5.32 Å². The molecule has 0 bridgehead atoms. The minimum absolute atomic E-state index is 0.141. The number of benzene rings is 1. The van der Waals surface area contributed by atoms with E-state index in [1.165, 1.54) is 35.6 Å². The Morgan fingerprint density at radius 2 is 2.04 bits per heavy atom. The number of nitrogens with one attached hydrogen (secondary N) is 1. The van der Waals surface area contributed by atoms with E-state index < -0.39 is 16.8 Å². The molecule has 1 aromatic heterocycles. The number of carbonyl (C=O) groups is 2. The predicted molar refractivity (Wildman–Crippen MR) is 90.8 cm³/mol. The summed E-state index contributed by atoms with van der Waals surface area (Å²) in [4.78, 5) is 35.6. The lowest BCUT2D eigenvalue weighted by Gasteiger charge is -2.07. The van der Waals surface area contributed by atoms with E-state index in [0.717, 1.165) is 10.4 Å². The lowest BCUT2D eigenvalue weighted by atomic mass is 10.1. The Bertz CT molecular complexity index is 813. The number of aryl methyl sites for hydroxylation is 1. The standard InChI is InChI=1S/C16H16N2O5S/c1-4-23-16(20)13-9(2)10(3)24-15(13)17-14(19)11-6-5-7-12(8-11)18(21)22/h5-8H,4H2,1-3H3,(H,17,19). The zero-order chi connectivity index (χ0) is 17.9. The first-order valence-electron chi connectivity index (χ1n) is 7.18. The number of esters is 1. The van der Waals surface area contributed by atoms with Crippen LogP contribution in [0.2, 0.25) is 0 Å². The second-order valence-corrected chi connectivity index (χ2v) is 6.19. The van der Waals surface area contributed by atoms with Crippen LogP contribution < -0.4 is 5.32 Å². The van der Waals surface area contributed by atoms with Gasteiger partial charge in [-0.2, -0.15) is 0 Å². The molecule has 1 N–H and O–H groups in total. The van der Waals surface area contributed by atoms with Gasteiger partial charge in [0.2, 0.25) is 0 Å². The number of anilines is 1. The second-order valence-electron chi connectivity index (χ2n) is 4.97. The Morgan fingerprint density at radius 3 is 2.67 bits per heavy atom. The summed E-state index contributed by atoms with van der Waals surface area (Å²) in [6.07, 6.45) is 0. The lowest BCUT2D eigenvalue weighted by Crippen LogP contribution is -2.15. The van der Waals surface area contributed by atoms with Crippen LogP contribution in [0.3, 0.4) is 0 Å². The first-order chi connectivity index (χ1) is 11.3. The molecule has 7 nitrogen and oxygen atoms in total. The first kappa shape index (κ1) is 17.6. The van der Waals surface area contributed by atoms with Crippen molar-refractivity contribution in [1.82, 2.24) is 0 Å². The van der Waals surface area contributed by atoms with Crippen molar-refractivity contribution in [3.05, 3.63) is 55.9 Å². The van der Waals surface area contributed by atoms with Crippen molar-refractivity contribution in [2.24, 2.45) is 0 Å². The molecule has 0 aliphatic rings. The van der Waals surface area contributed by atoms with Crippen LogP contribution in [0.5, 0.6) is 0 Å². The van der Waals surface area contributed by atoms with Crippen LogP contribution >= 0.6 is 11.3 Å². The third-order valence-electron chi connectivity index (χ3n) is 3.41. The van der Waals surface area contributed by atoms with Crippen molar-refractivity contribution in [2.75, 3.05) is 11.9 Å². The lowest BCUT2D eigenvalue weighted by molar-refractivity contribution is -0.384. The summed E-state index contributed by atoms with van der Waals surface area (Å²) < 4.78 is 5.03. The third-order valence-corrected chi connectivity index (χ3v) is 4.53. The van der Waals surface area contributed by atoms with Crippen LogP contribution in [0.25, 0.3) is 0 Å². The van der Waals surface area contributed by atoms with Crippen LogP contribution in [0.15, 0.2) is 24.3 Å². The Hall–Kier alpha value is -2.74. The van der Waals surface area contributed by atoms with Crippen LogP contribution in [0, 0.1) is 24.0 Å². The number of nitrogens with zero attached hydrogens (tertiary/aromatic N) is 1. The SMILES string of the molecule is CCOC(=O)c1c(NC(=O)c2cccc([N+](=O)[O-])c2)sc(C)c1C. The van der Waals surface area contributed by atoms with Gasteiger partial charge in [0, 0.05) is 22.6 Å². The highest BCUT2D eigenvalue weighted by molar-refractivity contribution is 7.16. The Morgan fingerprint density at radius 1 is 1.33 bits per heavy atom. The van der Waals surface area contributed by atoms with Gasteiger partial charge in [-0.3, -0.25) is 14.9 Å². The molecule has 0 fully saturated rings. The molecule has 2 aromatic rings. The molecule has 0 radical (unpaired) electrons. The topological polar surface area (TPSA) is 98.5 Å². The molecule has 0 atom stereocenters. The van der Waals surface area contributed by atoms with E-state index in [1.807, 2.05) is 6.92 Å². The quantitative estimate of drug-likeness (QED) is 0.504. The van der Waals surface area contributed by atoms with E-state index in [0.29, 0.717) is 10.6 Å². The minimum Gasteiger partial charge on any atom is -0.462 e. The largest absolute Gasteiger partial charge is 0.462 e. The number of non-ortho nitro benzene ring substituents is 1. The number of amides is 1. The molecule has 0 saturated heterocycles. The monoisotopic (exact) mass is 348 g/mol. The molecule has 0 aliphatic carbocycles. The fraction of sp³-hybridized carbons (Fsp3) is 0.250. The number of carbonyl (C=O) groups excluding carboxylic acids is 2. The van der Waals surface area contributed by atoms with E-state index >= 15 is 0 Å². The molecule has 8 heteroatoms. The number of nitro groups is 1. The summed E-state index contributed by atoms with van der Waals surface area (Å²) in [7, 11) is 0. The maximum absolute atomic E-state index is 12.4. The average molecular weight is 348 g/mol. The van der Waals surface area contributed by atoms with Gasteiger partial charge in [-0.15, -0.1) is 11.3 Å². The van der Waals surface area contributed by atoms with Crippen molar-refractivity contribution in [1.29, 1.82) is 0 Å². The summed E-state index contributed by atoms with van der Waals surface area (Å²) in [6, 6.07) is 5.40. The highest BCUT2D eigenvalue weighted by Gasteiger charge is 2.22. The molecular formula is C16H16N2O5S. The average Bonchev–Trinajstić information content (AvgIpc) is 2.82. The molecule has 1 amide bonds. The van der Waals surface area contributed by atoms with Crippen molar-refractivity contribution in [2.45, 2.75) is 20.8 Å². The van der Waals surface area contributed by atoms with Crippen LogP contribution in [-0.2, 0) is 4.74 Å². The molecular weight excluding hydrogens is 332 g/mol. The maximum atomic E-state index is 12.4. The van der Waals surface area contributed by atoms with Gasteiger partial charge in [0.05, 0.1) is 17.1 Å². The normalized spacial score (nSPS) is 10.3. The predicted octanol–water partition coefficient (Wildman–Crippen LogP) is 3.70. The van der Waals surface area contributed by atoms with E-state index in [1.54, 1.807) is 13.8 Å². The number of hydrogen-bond acceptors (Lipinski definition) is 6. The molecule has 1 aromatic carbocycles. The zero-order valence-corrected chi connectivity index (χ0v) is 14.2. The van der Waals surface area contributed by atoms with Gasteiger partial charge in [-0.25, -0.2) is 4.79 Å². The highest BCUT2D eigenvalue weighted by atomic mass is 32.1. The molecule has 126 valence electrons. The Kier molecular flexibility index (Phi) is 5.30. The van der Waals surface area contributed by atoms with Gasteiger partial charge in [0.1, 0.15) is 5.00 Å². The van der Waals surface area contributed by atoms with E-state index in [9.17, 15) is 19.7 Å². The van der Waals surface area contributed by atoms with Gasteiger partial charge in [0.15, 0.2) is 0 Å². The number of rotatable bonds is 5. The second kappa shape index (κ2) is 7.22. The van der Waals surface area contributed by atoms with Crippen molar-refractivity contribution in [3.8, 4) is 0 Å². The summed E-state index contributed by atoms with van der Waals surface area (Å²) in [5.41, 5.74) is 1.03. The van der Waals surface area contributed by atoms with Gasteiger partial charge in [0.25, 0.3) is 11.6 Å². The van der Waals surface area contributed by atoms with E-state index in [-0.39, 0.29) is 17.9 Å². The Balaban J connectivity index is 2.32. The summed E-state index contributed by atoms with van der Waals surface area (Å²) >= 11 is 1.26. The number of hydrogen-bond donors (Lipinski definition) is 1.